The molecule has 0 aliphatic heterocycles. The summed E-state index contributed by atoms with van der Waals surface area (Å²) in [5.41, 5.74) is 0.450. The topological polar surface area (TPSA) is 75.3 Å². The number of sulfonamides is 1. The van der Waals surface area contributed by atoms with E-state index in [1.807, 2.05) is 0 Å². The van der Waals surface area contributed by atoms with Gasteiger partial charge in [-0.15, -0.1) is 0 Å². The zero-order valence-electron chi connectivity index (χ0n) is 16.7. The van der Waals surface area contributed by atoms with Crippen LogP contribution in [0.2, 0.25) is 0 Å². The van der Waals surface area contributed by atoms with E-state index >= 15 is 0 Å². The molecule has 31 heavy (non-hydrogen) atoms. The first-order chi connectivity index (χ1) is 14.5. The highest BCUT2D eigenvalue weighted by Gasteiger charge is 2.46. The van der Waals surface area contributed by atoms with E-state index in [2.05, 4.69) is 10.0 Å². The number of anilines is 1. The van der Waals surface area contributed by atoms with Gasteiger partial charge >= 0.3 is 6.18 Å². The Morgan fingerprint density at radius 1 is 1.03 bits per heavy atom. The number of carbonyl (C=O) groups excluding carboxylic acids is 1. The molecule has 0 heterocycles. The third kappa shape index (κ3) is 5.55. The molecule has 0 radical (unpaired) electrons. The summed E-state index contributed by atoms with van der Waals surface area (Å²) >= 11 is 0. The van der Waals surface area contributed by atoms with Gasteiger partial charge in [0.15, 0.2) is 0 Å². The summed E-state index contributed by atoms with van der Waals surface area (Å²) in [6.07, 6.45) is -3.05. The number of halogens is 4. The van der Waals surface area contributed by atoms with Gasteiger partial charge in [0.1, 0.15) is 5.82 Å². The number of alkyl halides is 3. The van der Waals surface area contributed by atoms with Crippen molar-refractivity contribution in [2.24, 2.45) is 5.92 Å². The molecule has 2 unspecified atom stereocenters. The van der Waals surface area contributed by atoms with Gasteiger partial charge in [0.05, 0.1) is 10.8 Å². The molecule has 1 fully saturated rings. The lowest BCUT2D eigenvalue weighted by atomic mass is 9.84. The average molecular weight is 458 g/mol. The Labute approximate surface area is 177 Å². The van der Waals surface area contributed by atoms with E-state index in [1.54, 1.807) is 0 Å². The van der Waals surface area contributed by atoms with Crippen LogP contribution in [-0.4, -0.2) is 26.5 Å². The van der Waals surface area contributed by atoms with Crippen LogP contribution < -0.4 is 10.0 Å². The highest BCUT2D eigenvalue weighted by Crippen LogP contribution is 2.37. The molecule has 1 amide bonds. The first kappa shape index (κ1) is 23.1. The standard InChI is InChI=1S/C21H22F4N2O3S/c1-13-12-16(10-11-18(13)22)31(29,30)27-15-8-6-14(7-9-15)20(28)26-19-5-3-2-4-17(19)21(23,24)25/h6-12,17,19,27H,2-5H2,1H3,(H,26,28). The first-order valence-electron chi connectivity index (χ1n) is 9.74. The van der Waals surface area contributed by atoms with Crippen molar-refractivity contribution in [1.82, 2.24) is 5.32 Å². The maximum absolute atomic E-state index is 13.4. The fourth-order valence-corrected chi connectivity index (χ4v) is 4.78. The molecule has 3 rings (SSSR count). The van der Waals surface area contributed by atoms with Crippen molar-refractivity contribution in [2.45, 2.75) is 49.7 Å². The van der Waals surface area contributed by atoms with Crippen LogP contribution in [0.15, 0.2) is 47.4 Å². The van der Waals surface area contributed by atoms with Gasteiger partial charge in [-0.1, -0.05) is 12.8 Å². The van der Waals surface area contributed by atoms with Gasteiger partial charge in [0.25, 0.3) is 15.9 Å². The largest absolute Gasteiger partial charge is 0.393 e. The van der Waals surface area contributed by atoms with Gasteiger partial charge < -0.3 is 5.32 Å². The van der Waals surface area contributed by atoms with Crippen molar-refractivity contribution < 1.29 is 30.8 Å². The number of carbonyl (C=O) groups is 1. The Morgan fingerprint density at radius 3 is 2.29 bits per heavy atom. The lowest BCUT2D eigenvalue weighted by molar-refractivity contribution is -0.187. The molecular weight excluding hydrogens is 436 g/mol. The monoisotopic (exact) mass is 458 g/mol. The number of benzene rings is 2. The zero-order chi connectivity index (χ0) is 22.8. The Morgan fingerprint density at radius 2 is 1.68 bits per heavy atom. The quantitative estimate of drug-likeness (QED) is 0.633. The Balaban J connectivity index is 1.69. The molecule has 2 aromatic carbocycles. The van der Waals surface area contributed by atoms with Crippen molar-refractivity contribution in [3.63, 3.8) is 0 Å². The predicted molar refractivity (Wildman–Crippen MR) is 108 cm³/mol. The molecule has 168 valence electrons. The maximum Gasteiger partial charge on any atom is 0.393 e. The minimum atomic E-state index is -4.38. The van der Waals surface area contributed by atoms with Crippen molar-refractivity contribution in [2.75, 3.05) is 4.72 Å². The fraction of sp³-hybridized carbons (Fsp3) is 0.381. The van der Waals surface area contributed by atoms with Crippen LogP contribution in [-0.2, 0) is 10.0 Å². The molecule has 0 bridgehead atoms. The van der Waals surface area contributed by atoms with E-state index in [9.17, 15) is 30.8 Å². The highest BCUT2D eigenvalue weighted by molar-refractivity contribution is 7.92. The molecule has 0 saturated heterocycles. The molecular formula is C21H22F4N2O3S. The summed E-state index contributed by atoms with van der Waals surface area (Å²) in [6, 6.07) is 7.73. The van der Waals surface area contributed by atoms with Gasteiger partial charge in [0.2, 0.25) is 0 Å². The molecule has 1 aliphatic carbocycles. The van der Waals surface area contributed by atoms with E-state index in [4.69, 9.17) is 0 Å². The molecule has 2 N–H and O–H groups in total. The van der Waals surface area contributed by atoms with Crippen molar-refractivity contribution >= 4 is 21.6 Å². The van der Waals surface area contributed by atoms with Crippen LogP contribution in [0.3, 0.4) is 0 Å². The summed E-state index contributed by atoms with van der Waals surface area (Å²) in [7, 11) is -3.97. The molecule has 2 atom stereocenters. The summed E-state index contributed by atoms with van der Waals surface area (Å²) in [5.74, 6) is -2.75. The molecule has 0 spiro atoms. The van der Waals surface area contributed by atoms with E-state index in [-0.39, 0.29) is 34.6 Å². The molecule has 10 heteroatoms. The van der Waals surface area contributed by atoms with Gasteiger partial charge in [-0.05, 0) is 67.8 Å². The average Bonchev–Trinajstić information content (AvgIpc) is 2.70. The second-order valence-electron chi connectivity index (χ2n) is 7.61. The van der Waals surface area contributed by atoms with Crippen LogP contribution in [0.4, 0.5) is 23.2 Å². The Hall–Kier alpha value is -2.62. The summed E-state index contributed by atoms with van der Waals surface area (Å²) in [5, 5.41) is 2.46. The molecule has 1 aliphatic rings. The molecule has 2 aromatic rings. The molecule has 0 aromatic heterocycles. The minimum absolute atomic E-state index is 0.0158. The van der Waals surface area contributed by atoms with E-state index < -0.39 is 39.9 Å². The summed E-state index contributed by atoms with van der Waals surface area (Å²) < 4.78 is 80.2. The van der Waals surface area contributed by atoms with Crippen LogP contribution in [0.25, 0.3) is 0 Å². The number of amides is 1. The van der Waals surface area contributed by atoms with Crippen molar-refractivity contribution in [3.05, 3.63) is 59.4 Å². The molecule has 1 saturated carbocycles. The maximum atomic E-state index is 13.4. The number of rotatable bonds is 5. The lowest BCUT2D eigenvalue weighted by Gasteiger charge is -2.33. The lowest BCUT2D eigenvalue weighted by Crippen LogP contribution is -2.47. The SMILES string of the molecule is Cc1cc(S(=O)(=O)Nc2ccc(C(=O)NC3CCCCC3C(F)(F)F)cc2)ccc1F. The van der Waals surface area contributed by atoms with E-state index in [0.717, 1.165) is 12.1 Å². The van der Waals surface area contributed by atoms with Gasteiger partial charge in [-0.25, -0.2) is 12.8 Å². The third-order valence-electron chi connectivity index (χ3n) is 5.34. The number of hydrogen-bond acceptors (Lipinski definition) is 3. The van der Waals surface area contributed by atoms with Gasteiger partial charge in [0, 0.05) is 17.3 Å². The second kappa shape index (κ2) is 8.86. The Bertz CT molecular complexity index is 1050. The molecule has 5 nitrogen and oxygen atoms in total. The predicted octanol–water partition coefficient (Wildman–Crippen LogP) is 4.79. The number of aryl methyl sites for hydroxylation is 1. The van der Waals surface area contributed by atoms with Crippen molar-refractivity contribution in [1.29, 1.82) is 0 Å². The van der Waals surface area contributed by atoms with Crippen molar-refractivity contribution in [3.8, 4) is 0 Å². The first-order valence-corrected chi connectivity index (χ1v) is 11.2. The summed E-state index contributed by atoms with van der Waals surface area (Å²) in [6.45, 7) is 1.44. The Kier molecular flexibility index (Phi) is 6.59. The normalized spacial score (nSPS) is 19.6. The van der Waals surface area contributed by atoms with Crippen LogP contribution in [0, 0.1) is 18.7 Å². The van der Waals surface area contributed by atoms with Gasteiger partial charge in [-0.2, -0.15) is 13.2 Å². The minimum Gasteiger partial charge on any atom is -0.349 e. The highest BCUT2D eigenvalue weighted by atomic mass is 32.2. The van der Waals surface area contributed by atoms with E-state index in [1.165, 1.54) is 37.3 Å². The van der Waals surface area contributed by atoms with Crippen LogP contribution in [0.1, 0.15) is 41.6 Å². The van der Waals surface area contributed by atoms with Crippen LogP contribution in [0.5, 0.6) is 0 Å². The fourth-order valence-electron chi connectivity index (χ4n) is 3.64. The zero-order valence-corrected chi connectivity index (χ0v) is 17.5. The third-order valence-corrected chi connectivity index (χ3v) is 6.72. The smallest absolute Gasteiger partial charge is 0.349 e. The van der Waals surface area contributed by atoms with Crippen LogP contribution >= 0.6 is 0 Å². The van der Waals surface area contributed by atoms with Gasteiger partial charge in [-0.3, -0.25) is 9.52 Å². The number of nitrogens with one attached hydrogen (secondary N) is 2. The second-order valence-corrected chi connectivity index (χ2v) is 9.29. The number of hydrogen-bond donors (Lipinski definition) is 2. The summed E-state index contributed by atoms with van der Waals surface area (Å²) in [4.78, 5) is 12.3. The van der Waals surface area contributed by atoms with E-state index in [0.29, 0.717) is 12.8 Å².